The van der Waals surface area contributed by atoms with E-state index in [-0.39, 0.29) is 0 Å². The summed E-state index contributed by atoms with van der Waals surface area (Å²) in [4.78, 5) is 0. The predicted molar refractivity (Wildman–Crippen MR) is 82.3 cm³/mol. The number of rotatable bonds is 5. The first-order valence-corrected chi connectivity index (χ1v) is 7.39. The summed E-state index contributed by atoms with van der Waals surface area (Å²) in [5.74, 6) is 0.297. The summed E-state index contributed by atoms with van der Waals surface area (Å²) >= 11 is 3.60. The van der Waals surface area contributed by atoms with Crippen LogP contribution < -0.4 is 5.73 Å². The van der Waals surface area contributed by atoms with Gasteiger partial charge in [-0.3, -0.25) is 4.68 Å². The first-order chi connectivity index (χ1) is 9.11. The Kier molecular flexibility index (Phi) is 4.77. The van der Waals surface area contributed by atoms with Crippen molar-refractivity contribution in [1.29, 1.82) is 0 Å². The Balaban J connectivity index is 2.17. The Bertz CT molecular complexity index is 534. The van der Waals surface area contributed by atoms with E-state index < -0.39 is 0 Å². The van der Waals surface area contributed by atoms with Gasteiger partial charge in [-0.1, -0.05) is 34.1 Å². The largest absolute Gasteiger partial charge is 0.330 e. The summed E-state index contributed by atoms with van der Waals surface area (Å²) in [6.07, 6.45) is 2.91. The minimum Gasteiger partial charge on any atom is -0.330 e. The van der Waals surface area contributed by atoms with Crippen molar-refractivity contribution in [2.75, 3.05) is 6.54 Å². The number of aromatic nitrogens is 2. The monoisotopic (exact) mass is 321 g/mol. The third kappa shape index (κ3) is 3.45. The van der Waals surface area contributed by atoms with Crippen molar-refractivity contribution >= 4 is 15.9 Å². The highest BCUT2D eigenvalue weighted by atomic mass is 79.9. The van der Waals surface area contributed by atoms with Crippen LogP contribution in [0.4, 0.5) is 0 Å². The molecule has 1 aromatic heterocycles. The third-order valence-corrected chi connectivity index (χ3v) is 4.00. The van der Waals surface area contributed by atoms with Crippen molar-refractivity contribution in [1.82, 2.24) is 9.78 Å². The van der Waals surface area contributed by atoms with Crippen molar-refractivity contribution in [3.8, 4) is 0 Å². The van der Waals surface area contributed by atoms with Crippen LogP contribution in [0.3, 0.4) is 0 Å². The Morgan fingerprint density at radius 1 is 1.26 bits per heavy atom. The lowest BCUT2D eigenvalue weighted by Gasteiger charge is -2.15. The maximum absolute atomic E-state index is 5.93. The molecule has 0 fully saturated rings. The van der Waals surface area contributed by atoms with Gasteiger partial charge in [0.2, 0.25) is 0 Å². The van der Waals surface area contributed by atoms with Crippen molar-refractivity contribution in [3.05, 3.63) is 52.3 Å². The molecule has 0 saturated carbocycles. The van der Waals surface area contributed by atoms with E-state index in [9.17, 15) is 0 Å². The summed E-state index contributed by atoms with van der Waals surface area (Å²) in [5.41, 5.74) is 8.28. The molecule has 0 aliphatic rings. The number of nitrogens with two attached hydrogens (primary N) is 1. The van der Waals surface area contributed by atoms with Crippen molar-refractivity contribution in [2.24, 2.45) is 5.73 Å². The molecule has 4 heteroatoms. The van der Waals surface area contributed by atoms with Gasteiger partial charge in [-0.05, 0) is 44.5 Å². The van der Waals surface area contributed by atoms with E-state index >= 15 is 0 Å². The molecular weight excluding hydrogens is 302 g/mol. The molecule has 2 aromatic rings. The number of nitrogens with zero attached hydrogens (tertiary/aromatic N) is 2. The second-order valence-electron chi connectivity index (χ2n) is 5.04. The van der Waals surface area contributed by atoms with Gasteiger partial charge < -0.3 is 5.73 Å². The Morgan fingerprint density at radius 2 is 2.00 bits per heavy atom. The molecule has 102 valence electrons. The molecule has 0 amide bonds. The molecule has 2 N–H and O–H groups in total. The van der Waals surface area contributed by atoms with Crippen LogP contribution in [0.5, 0.6) is 0 Å². The van der Waals surface area contributed by atoms with E-state index in [4.69, 9.17) is 5.73 Å². The standard InChI is InChI=1S/C15H20BrN3/c1-11(2)19-8-7-13(18-19)9-12(10-17)14-5-3-4-6-15(14)16/h3-8,11-12H,9-10,17H2,1-2H3. The van der Waals surface area contributed by atoms with Gasteiger partial charge in [0, 0.05) is 22.6 Å². The van der Waals surface area contributed by atoms with Gasteiger partial charge in [-0.15, -0.1) is 0 Å². The molecule has 1 aromatic carbocycles. The lowest BCUT2D eigenvalue weighted by molar-refractivity contribution is 0.522. The quantitative estimate of drug-likeness (QED) is 0.915. The van der Waals surface area contributed by atoms with E-state index in [0.29, 0.717) is 18.5 Å². The van der Waals surface area contributed by atoms with Crippen LogP contribution in [0.1, 0.15) is 37.1 Å². The summed E-state index contributed by atoms with van der Waals surface area (Å²) in [6, 6.07) is 10.7. The van der Waals surface area contributed by atoms with Gasteiger partial charge in [-0.25, -0.2) is 0 Å². The first-order valence-electron chi connectivity index (χ1n) is 6.60. The molecule has 3 nitrogen and oxygen atoms in total. The fourth-order valence-corrected chi connectivity index (χ4v) is 2.76. The molecule has 2 rings (SSSR count). The van der Waals surface area contributed by atoms with Crippen LogP contribution in [-0.2, 0) is 6.42 Å². The highest BCUT2D eigenvalue weighted by Crippen LogP contribution is 2.26. The number of hydrogen-bond donors (Lipinski definition) is 1. The lowest BCUT2D eigenvalue weighted by Crippen LogP contribution is -2.16. The average molecular weight is 322 g/mol. The fraction of sp³-hybridized carbons (Fsp3) is 0.400. The van der Waals surface area contributed by atoms with Crippen LogP contribution in [0.15, 0.2) is 41.0 Å². The molecule has 1 atom stereocenters. The summed E-state index contributed by atoms with van der Waals surface area (Å²) < 4.78 is 3.11. The highest BCUT2D eigenvalue weighted by Gasteiger charge is 2.15. The number of hydrogen-bond acceptors (Lipinski definition) is 2. The molecule has 1 unspecified atom stereocenters. The zero-order valence-corrected chi connectivity index (χ0v) is 13.0. The van der Waals surface area contributed by atoms with Gasteiger partial charge in [-0.2, -0.15) is 5.10 Å². The predicted octanol–water partition coefficient (Wildman–Crippen LogP) is 3.51. The van der Waals surface area contributed by atoms with E-state index in [1.165, 1.54) is 5.56 Å². The fourth-order valence-electron chi connectivity index (χ4n) is 2.15. The zero-order chi connectivity index (χ0) is 13.8. The Hall–Kier alpha value is -1.13. The number of benzene rings is 1. The van der Waals surface area contributed by atoms with E-state index in [0.717, 1.165) is 16.6 Å². The van der Waals surface area contributed by atoms with Crippen LogP contribution in [0.2, 0.25) is 0 Å². The summed E-state index contributed by atoms with van der Waals surface area (Å²) in [7, 11) is 0. The normalized spacial score (nSPS) is 12.9. The molecule has 0 aliphatic carbocycles. The van der Waals surface area contributed by atoms with Crippen LogP contribution >= 0.6 is 15.9 Å². The SMILES string of the molecule is CC(C)n1ccc(CC(CN)c2ccccc2Br)n1. The smallest absolute Gasteiger partial charge is 0.0631 e. The summed E-state index contributed by atoms with van der Waals surface area (Å²) in [5, 5.41) is 4.60. The van der Waals surface area contributed by atoms with Crippen molar-refractivity contribution in [2.45, 2.75) is 32.2 Å². The Labute approximate surface area is 122 Å². The third-order valence-electron chi connectivity index (χ3n) is 3.28. The average Bonchev–Trinajstić information content (AvgIpc) is 2.86. The molecule has 0 aliphatic heterocycles. The molecule has 1 heterocycles. The number of halogens is 1. The van der Waals surface area contributed by atoms with Gasteiger partial charge >= 0.3 is 0 Å². The second kappa shape index (κ2) is 6.35. The maximum atomic E-state index is 5.93. The van der Waals surface area contributed by atoms with Crippen LogP contribution in [0, 0.1) is 0 Å². The molecule has 0 spiro atoms. The van der Waals surface area contributed by atoms with Crippen LogP contribution in [-0.4, -0.2) is 16.3 Å². The Morgan fingerprint density at radius 3 is 2.58 bits per heavy atom. The van der Waals surface area contributed by atoms with Crippen LogP contribution in [0.25, 0.3) is 0 Å². The zero-order valence-electron chi connectivity index (χ0n) is 11.4. The van der Waals surface area contributed by atoms with Gasteiger partial charge in [0.15, 0.2) is 0 Å². The van der Waals surface area contributed by atoms with E-state index in [2.05, 4.69) is 59.1 Å². The second-order valence-corrected chi connectivity index (χ2v) is 5.89. The minimum atomic E-state index is 0.297. The van der Waals surface area contributed by atoms with E-state index in [1.807, 2.05) is 16.9 Å². The minimum absolute atomic E-state index is 0.297. The molecule has 0 bridgehead atoms. The molecule has 0 radical (unpaired) electrons. The first kappa shape index (κ1) is 14.3. The van der Waals surface area contributed by atoms with Gasteiger partial charge in [0.05, 0.1) is 5.69 Å². The van der Waals surface area contributed by atoms with Gasteiger partial charge in [0.25, 0.3) is 0 Å². The molecule has 0 saturated heterocycles. The van der Waals surface area contributed by atoms with Crippen molar-refractivity contribution < 1.29 is 0 Å². The summed E-state index contributed by atoms with van der Waals surface area (Å²) in [6.45, 7) is 4.88. The van der Waals surface area contributed by atoms with Crippen molar-refractivity contribution in [3.63, 3.8) is 0 Å². The lowest BCUT2D eigenvalue weighted by atomic mass is 9.94. The molecule has 19 heavy (non-hydrogen) atoms. The van der Waals surface area contributed by atoms with Gasteiger partial charge in [0.1, 0.15) is 0 Å². The topological polar surface area (TPSA) is 43.8 Å². The highest BCUT2D eigenvalue weighted by molar-refractivity contribution is 9.10. The van der Waals surface area contributed by atoms with E-state index in [1.54, 1.807) is 0 Å². The molecular formula is C15H20BrN3. The maximum Gasteiger partial charge on any atom is 0.0631 e.